The lowest BCUT2D eigenvalue weighted by atomic mass is 9.86. The minimum atomic E-state index is 0.437. The van der Waals surface area contributed by atoms with Crippen molar-refractivity contribution < 1.29 is 0 Å². The molecule has 0 radical (unpaired) electrons. The summed E-state index contributed by atoms with van der Waals surface area (Å²) in [4.78, 5) is 5.00. The van der Waals surface area contributed by atoms with Crippen LogP contribution < -0.4 is 5.32 Å². The number of likely N-dealkylation sites (N-methyl/N-ethyl adjacent to an activating group) is 3. The zero-order valence-corrected chi connectivity index (χ0v) is 13.3. The smallest absolute Gasteiger partial charge is 0.0373 e. The number of hydrogen-bond donors (Lipinski definition) is 1. The quantitative estimate of drug-likeness (QED) is 0.811. The van der Waals surface area contributed by atoms with E-state index in [-0.39, 0.29) is 0 Å². The lowest BCUT2D eigenvalue weighted by molar-refractivity contribution is 0.0821. The molecule has 0 aliphatic carbocycles. The van der Waals surface area contributed by atoms with Gasteiger partial charge in [-0.05, 0) is 38.9 Å². The van der Waals surface area contributed by atoms with Gasteiger partial charge < -0.3 is 10.2 Å². The van der Waals surface area contributed by atoms with E-state index in [1.54, 1.807) is 0 Å². The Balaban J connectivity index is 2.58. The van der Waals surface area contributed by atoms with Crippen LogP contribution >= 0.6 is 0 Å². The Hall–Kier alpha value is -0.120. The van der Waals surface area contributed by atoms with Gasteiger partial charge in [0.15, 0.2) is 0 Å². The van der Waals surface area contributed by atoms with Crippen LogP contribution in [0.2, 0.25) is 0 Å². The number of rotatable bonds is 5. The minimum Gasteiger partial charge on any atom is -0.313 e. The van der Waals surface area contributed by atoms with Gasteiger partial charge in [0.25, 0.3) is 0 Å². The van der Waals surface area contributed by atoms with Crippen LogP contribution in [0, 0.1) is 5.41 Å². The lowest BCUT2D eigenvalue weighted by Gasteiger charge is -2.42. The molecule has 1 fully saturated rings. The van der Waals surface area contributed by atoms with Gasteiger partial charge in [0.05, 0.1) is 0 Å². The predicted octanol–water partition coefficient (Wildman–Crippen LogP) is 2.04. The van der Waals surface area contributed by atoms with Gasteiger partial charge in [0.2, 0.25) is 0 Å². The van der Waals surface area contributed by atoms with Crippen molar-refractivity contribution in [3.63, 3.8) is 0 Å². The summed E-state index contributed by atoms with van der Waals surface area (Å²) in [5.41, 5.74) is 0.437. The Bertz CT molecular complexity index is 234. The molecule has 3 nitrogen and oxygen atoms in total. The van der Waals surface area contributed by atoms with E-state index in [0.29, 0.717) is 17.5 Å². The fourth-order valence-corrected chi connectivity index (χ4v) is 2.76. The van der Waals surface area contributed by atoms with Gasteiger partial charge in [-0.3, -0.25) is 4.90 Å². The molecule has 2 unspecified atom stereocenters. The van der Waals surface area contributed by atoms with Crippen molar-refractivity contribution in [2.24, 2.45) is 5.41 Å². The molecule has 1 heterocycles. The van der Waals surface area contributed by atoms with Crippen molar-refractivity contribution in [1.29, 1.82) is 0 Å². The Morgan fingerprint density at radius 2 is 1.89 bits per heavy atom. The molecule has 2 atom stereocenters. The van der Waals surface area contributed by atoms with Crippen molar-refractivity contribution >= 4 is 0 Å². The monoisotopic (exact) mass is 255 g/mol. The fourth-order valence-electron chi connectivity index (χ4n) is 2.76. The van der Waals surface area contributed by atoms with Crippen LogP contribution in [-0.2, 0) is 0 Å². The maximum atomic E-state index is 3.71. The zero-order valence-electron chi connectivity index (χ0n) is 13.3. The van der Waals surface area contributed by atoms with Crippen LogP contribution in [0.3, 0.4) is 0 Å². The molecule has 0 aromatic heterocycles. The third-order valence-electron chi connectivity index (χ3n) is 4.04. The van der Waals surface area contributed by atoms with Crippen molar-refractivity contribution in [3.8, 4) is 0 Å². The van der Waals surface area contributed by atoms with E-state index in [9.17, 15) is 0 Å². The average Bonchev–Trinajstić information content (AvgIpc) is 2.26. The molecule has 0 spiro atoms. The van der Waals surface area contributed by atoms with Gasteiger partial charge >= 0.3 is 0 Å². The summed E-state index contributed by atoms with van der Waals surface area (Å²) in [5, 5.41) is 3.71. The average molecular weight is 255 g/mol. The fraction of sp³-hybridized carbons (Fsp3) is 1.00. The normalized spacial score (nSPS) is 25.3. The highest BCUT2D eigenvalue weighted by Crippen LogP contribution is 2.24. The first-order valence-corrected chi connectivity index (χ1v) is 7.45. The first kappa shape index (κ1) is 15.9. The SMILES string of the molecule is CCNC(CCC(C)(C)C)C1CN(C)CCN1C. The Morgan fingerprint density at radius 3 is 2.44 bits per heavy atom. The molecule has 108 valence electrons. The summed E-state index contributed by atoms with van der Waals surface area (Å²) < 4.78 is 0. The second-order valence-electron chi connectivity index (χ2n) is 7.07. The first-order chi connectivity index (χ1) is 8.33. The molecule has 0 aromatic rings. The van der Waals surface area contributed by atoms with E-state index in [1.807, 2.05) is 0 Å². The summed E-state index contributed by atoms with van der Waals surface area (Å²) >= 11 is 0. The molecule has 3 heteroatoms. The highest BCUT2D eigenvalue weighted by Gasteiger charge is 2.29. The number of nitrogens with one attached hydrogen (secondary N) is 1. The summed E-state index contributed by atoms with van der Waals surface area (Å²) in [6.45, 7) is 13.9. The Labute approximate surface area is 114 Å². The van der Waals surface area contributed by atoms with E-state index in [2.05, 4.69) is 56.9 Å². The van der Waals surface area contributed by atoms with Crippen LogP contribution in [0.1, 0.15) is 40.5 Å². The maximum Gasteiger partial charge on any atom is 0.0373 e. The van der Waals surface area contributed by atoms with Crippen LogP contribution in [0.4, 0.5) is 0 Å². The van der Waals surface area contributed by atoms with Crippen LogP contribution in [-0.4, -0.2) is 62.2 Å². The summed E-state index contributed by atoms with van der Waals surface area (Å²) in [6.07, 6.45) is 2.57. The van der Waals surface area contributed by atoms with Gasteiger partial charge in [-0.1, -0.05) is 27.7 Å². The maximum absolute atomic E-state index is 3.71. The standard InChI is InChI=1S/C15H33N3/c1-7-16-13(8-9-15(2,3)4)14-12-17(5)10-11-18(14)6/h13-14,16H,7-12H2,1-6H3. The topological polar surface area (TPSA) is 18.5 Å². The molecule has 1 aliphatic heterocycles. The van der Waals surface area contributed by atoms with Crippen molar-refractivity contribution in [1.82, 2.24) is 15.1 Å². The highest BCUT2D eigenvalue weighted by atomic mass is 15.3. The van der Waals surface area contributed by atoms with Crippen LogP contribution in [0.15, 0.2) is 0 Å². The van der Waals surface area contributed by atoms with Gasteiger partial charge in [0, 0.05) is 31.7 Å². The molecule has 0 aromatic carbocycles. The molecule has 1 aliphatic rings. The van der Waals surface area contributed by atoms with Crippen molar-refractivity contribution in [2.45, 2.75) is 52.6 Å². The molecule has 1 saturated heterocycles. The molecule has 1 N–H and O–H groups in total. The molecular formula is C15H33N3. The minimum absolute atomic E-state index is 0.437. The second-order valence-corrected chi connectivity index (χ2v) is 7.07. The third-order valence-corrected chi connectivity index (χ3v) is 4.04. The molecule has 0 bridgehead atoms. The first-order valence-electron chi connectivity index (χ1n) is 7.45. The van der Waals surface area contributed by atoms with E-state index < -0.39 is 0 Å². The predicted molar refractivity (Wildman–Crippen MR) is 80.1 cm³/mol. The molecule has 18 heavy (non-hydrogen) atoms. The number of piperazine rings is 1. The number of hydrogen-bond acceptors (Lipinski definition) is 3. The third kappa shape index (κ3) is 5.25. The van der Waals surface area contributed by atoms with Gasteiger partial charge in [-0.2, -0.15) is 0 Å². The van der Waals surface area contributed by atoms with Crippen molar-refractivity contribution in [2.75, 3.05) is 40.3 Å². The molecule has 1 rings (SSSR count). The zero-order chi connectivity index (χ0) is 13.8. The molecule has 0 saturated carbocycles. The van der Waals surface area contributed by atoms with E-state index in [0.717, 1.165) is 6.54 Å². The second kappa shape index (κ2) is 6.88. The summed E-state index contributed by atoms with van der Waals surface area (Å²) in [5.74, 6) is 0. The van der Waals surface area contributed by atoms with Gasteiger partial charge in [0.1, 0.15) is 0 Å². The highest BCUT2D eigenvalue weighted by molar-refractivity contribution is 4.89. The van der Waals surface area contributed by atoms with Crippen LogP contribution in [0.5, 0.6) is 0 Å². The largest absolute Gasteiger partial charge is 0.313 e. The van der Waals surface area contributed by atoms with Gasteiger partial charge in [-0.25, -0.2) is 0 Å². The van der Waals surface area contributed by atoms with Crippen molar-refractivity contribution in [3.05, 3.63) is 0 Å². The molecule has 0 amide bonds. The summed E-state index contributed by atoms with van der Waals surface area (Å²) in [7, 11) is 4.52. The van der Waals surface area contributed by atoms with E-state index in [1.165, 1.54) is 32.5 Å². The van der Waals surface area contributed by atoms with Crippen LogP contribution in [0.25, 0.3) is 0 Å². The summed E-state index contributed by atoms with van der Waals surface area (Å²) in [6, 6.07) is 1.29. The Kier molecular flexibility index (Phi) is 6.09. The van der Waals surface area contributed by atoms with E-state index >= 15 is 0 Å². The number of nitrogens with zero attached hydrogens (tertiary/aromatic N) is 2. The lowest BCUT2D eigenvalue weighted by Crippen LogP contribution is -2.58. The van der Waals surface area contributed by atoms with Gasteiger partial charge in [-0.15, -0.1) is 0 Å². The Morgan fingerprint density at radius 1 is 1.22 bits per heavy atom. The molecular weight excluding hydrogens is 222 g/mol. The van der Waals surface area contributed by atoms with E-state index in [4.69, 9.17) is 0 Å².